The van der Waals surface area contributed by atoms with Gasteiger partial charge in [0.25, 0.3) is 11.8 Å². The Kier molecular flexibility index (Phi) is 5.41. The van der Waals surface area contributed by atoms with Crippen LogP contribution in [-0.4, -0.2) is 28.0 Å². The topological polar surface area (TPSA) is 99.8 Å². The van der Waals surface area contributed by atoms with Crippen molar-refractivity contribution in [2.75, 3.05) is 4.90 Å². The monoisotopic (exact) mass is 450 g/mol. The summed E-state index contributed by atoms with van der Waals surface area (Å²) in [6, 6.07) is 13.1. The lowest BCUT2D eigenvalue weighted by atomic mass is 10.0. The maximum atomic E-state index is 13.6. The Balaban J connectivity index is 1.70. The van der Waals surface area contributed by atoms with Crippen LogP contribution in [0.3, 0.4) is 0 Å². The molecule has 1 fully saturated rings. The molecule has 0 unspecified atom stereocenters. The zero-order chi connectivity index (χ0) is 23.0. The molecule has 1 saturated heterocycles. The molecule has 1 aliphatic rings. The molecule has 7 nitrogen and oxygen atoms in total. The van der Waals surface area contributed by atoms with E-state index in [9.17, 15) is 23.9 Å². The summed E-state index contributed by atoms with van der Waals surface area (Å²) in [5.41, 5.74) is 1.38. The first kappa shape index (κ1) is 21.1. The number of carbonyl (C=O) groups is 3. The summed E-state index contributed by atoms with van der Waals surface area (Å²) >= 11 is 5.09. The van der Waals surface area contributed by atoms with Gasteiger partial charge in [-0.25, -0.2) is 9.18 Å². The Labute approximate surface area is 186 Å². The molecule has 0 saturated carbocycles. The van der Waals surface area contributed by atoms with Crippen molar-refractivity contribution in [2.45, 2.75) is 6.92 Å². The van der Waals surface area contributed by atoms with Crippen LogP contribution in [0, 0.1) is 12.7 Å². The highest BCUT2D eigenvalue weighted by Crippen LogP contribution is 2.29. The van der Waals surface area contributed by atoms with Gasteiger partial charge in [-0.05, 0) is 73.2 Å². The number of hydrogen-bond acceptors (Lipinski definition) is 5. The third kappa shape index (κ3) is 3.93. The van der Waals surface area contributed by atoms with Crippen LogP contribution in [0.1, 0.15) is 21.7 Å². The predicted molar refractivity (Wildman–Crippen MR) is 118 cm³/mol. The number of aromatic carboxylic acids is 1. The molecule has 32 heavy (non-hydrogen) atoms. The first-order valence-corrected chi connectivity index (χ1v) is 9.76. The van der Waals surface area contributed by atoms with E-state index in [0.717, 1.165) is 16.5 Å². The number of hydrogen-bond donors (Lipinski definition) is 2. The lowest BCUT2D eigenvalue weighted by molar-refractivity contribution is -0.122. The summed E-state index contributed by atoms with van der Waals surface area (Å²) in [4.78, 5) is 37.7. The smallest absolute Gasteiger partial charge is 0.335 e. The van der Waals surface area contributed by atoms with Crippen LogP contribution in [0.2, 0.25) is 0 Å². The van der Waals surface area contributed by atoms with Gasteiger partial charge in [-0.15, -0.1) is 0 Å². The van der Waals surface area contributed by atoms with Crippen molar-refractivity contribution in [3.05, 3.63) is 82.9 Å². The molecule has 0 aliphatic carbocycles. The normalized spacial score (nSPS) is 15.2. The molecule has 2 N–H and O–H groups in total. The van der Waals surface area contributed by atoms with Crippen LogP contribution in [0.5, 0.6) is 0 Å². The summed E-state index contributed by atoms with van der Waals surface area (Å²) in [6.07, 6.45) is 1.26. The number of carboxylic acid groups (broad SMARTS) is 1. The summed E-state index contributed by atoms with van der Waals surface area (Å²) in [5, 5.41) is 11.5. The van der Waals surface area contributed by atoms with E-state index in [1.165, 1.54) is 36.4 Å². The molecule has 2 aromatic carbocycles. The fraction of sp³-hybridized carbons (Fsp3) is 0.0435. The van der Waals surface area contributed by atoms with Crippen molar-refractivity contribution in [2.24, 2.45) is 0 Å². The average Bonchev–Trinajstić information content (AvgIpc) is 3.19. The maximum absolute atomic E-state index is 13.6. The van der Waals surface area contributed by atoms with Gasteiger partial charge in [0, 0.05) is 5.56 Å². The van der Waals surface area contributed by atoms with E-state index in [1.807, 2.05) is 0 Å². The molecule has 9 heteroatoms. The number of nitrogens with zero attached hydrogens (tertiary/aromatic N) is 1. The molecule has 1 aliphatic heterocycles. The molecular formula is C23H15FN2O5S. The molecule has 0 spiro atoms. The minimum Gasteiger partial charge on any atom is -0.478 e. The first-order chi connectivity index (χ1) is 15.2. The number of furan rings is 1. The van der Waals surface area contributed by atoms with Gasteiger partial charge in [0.2, 0.25) is 0 Å². The lowest BCUT2D eigenvalue weighted by Gasteiger charge is -2.28. The number of rotatable bonds is 4. The van der Waals surface area contributed by atoms with Crippen LogP contribution >= 0.6 is 12.2 Å². The molecule has 4 rings (SSSR count). The molecule has 2 amide bonds. The van der Waals surface area contributed by atoms with E-state index in [-0.39, 0.29) is 27.7 Å². The molecule has 0 radical (unpaired) electrons. The van der Waals surface area contributed by atoms with Crippen molar-refractivity contribution in [1.29, 1.82) is 0 Å². The number of carboxylic acids is 1. The minimum absolute atomic E-state index is 0.1000. The number of amides is 2. The largest absolute Gasteiger partial charge is 0.478 e. The van der Waals surface area contributed by atoms with Gasteiger partial charge in [0.15, 0.2) is 5.11 Å². The Morgan fingerprint density at radius 3 is 2.66 bits per heavy atom. The highest BCUT2D eigenvalue weighted by atomic mass is 32.1. The van der Waals surface area contributed by atoms with Crippen molar-refractivity contribution >= 4 is 46.9 Å². The predicted octanol–water partition coefficient (Wildman–Crippen LogP) is 3.92. The van der Waals surface area contributed by atoms with E-state index in [1.54, 1.807) is 25.1 Å². The van der Waals surface area contributed by atoms with Gasteiger partial charge in [-0.2, -0.15) is 0 Å². The molecule has 0 bridgehead atoms. The van der Waals surface area contributed by atoms with E-state index < -0.39 is 23.6 Å². The number of halogens is 1. The summed E-state index contributed by atoms with van der Waals surface area (Å²) < 4.78 is 19.4. The van der Waals surface area contributed by atoms with Crippen LogP contribution in [0.25, 0.3) is 17.4 Å². The number of carbonyl (C=O) groups excluding carboxylic acids is 2. The second-order valence-electron chi connectivity index (χ2n) is 6.97. The molecule has 0 atom stereocenters. The number of nitrogens with one attached hydrogen (secondary N) is 1. The number of aryl methyl sites for hydroxylation is 1. The van der Waals surface area contributed by atoms with E-state index in [2.05, 4.69) is 5.32 Å². The number of benzene rings is 2. The zero-order valence-corrected chi connectivity index (χ0v) is 17.4. The second kappa shape index (κ2) is 8.20. The summed E-state index contributed by atoms with van der Waals surface area (Å²) in [7, 11) is 0. The van der Waals surface area contributed by atoms with Crippen molar-refractivity contribution in [3.8, 4) is 11.3 Å². The molecule has 2 heterocycles. The van der Waals surface area contributed by atoms with E-state index in [4.69, 9.17) is 16.6 Å². The second-order valence-corrected chi connectivity index (χ2v) is 7.36. The Morgan fingerprint density at radius 1 is 1.16 bits per heavy atom. The third-order valence-corrected chi connectivity index (χ3v) is 5.12. The van der Waals surface area contributed by atoms with Crippen LogP contribution in [0.4, 0.5) is 10.1 Å². The minimum atomic E-state index is -1.07. The quantitative estimate of drug-likeness (QED) is 0.355. The Hall–Kier alpha value is -4.11. The van der Waals surface area contributed by atoms with Gasteiger partial charge in [0.1, 0.15) is 22.9 Å². The van der Waals surface area contributed by atoms with Gasteiger partial charge in [-0.1, -0.05) is 12.1 Å². The molecule has 160 valence electrons. The molecule has 3 aromatic rings. The highest BCUT2D eigenvalue weighted by molar-refractivity contribution is 7.80. The third-order valence-electron chi connectivity index (χ3n) is 4.83. The summed E-state index contributed by atoms with van der Waals surface area (Å²) in [5.74, 6) is -2.50. The maximum Gasteiger partial charge on any atom is 0.335 e. The molecular weight excluding hydrogens is 435 g/mol. The van der Waals surface area contributed by atoms with E-state index >= 15 is 0 Å². The number of thiocarbonyl (C=S) groups is 1. The molecule has 1 aromatic heterocycles. The lowest BCUT2D eigenvalue weighted by Crippen LogP contribution is -2.54. The Bertz CT molecular complexity index is 1330. The number of anilines is 1. The van der Waals surface area contributed by atoms with Gasteiger partial charge in [-0.3, -0.25) is 19.8 Å². The fourth-order valence-electron chi connectivity index (χ4n) is 3.25. The van der Waals surface area contributed by atoms with Gasteiger partial charge in [0.05, 0.1) is 11.3 Å². The van der Waals surface area contributed by atoms with Crippen LogP contribution < -0.4 is 10.2 Å². The summed E-state index contributed by atoms with van der Waals surface area (Å²) in [6.45, 7) is 1.80. The van der Waals surface area contributed by atoms with Crippen LogP contribution in [0.15, 0.2) is 64.6 Å². The van der Waals surface area contributed by atoms with Gasteiger partial charge >= 0.3 is 5.97 Å². The van der Waals surface area contributed by atoms with Gasteiger partial charge < -0.3 is 9.52 Å². The zero-order valence-electron chi connectivity index (χ0n) is 16.6. The van der Waals surface area contributed by atoms with Crippen molar-refractivity contribution in [3.63, 3.8) is 0 Å². The standard InChI is InChI=1S/C23H15FN2O5S/c1-12-5-6-13(22(29)30)9-17(12)19-8-7-16(31-19)11-18-20(27)25-23(32)26(21(18)28)15-4-2-3-14(24)10-15/h2-11H,1H3,(H,29,30)(H,25,27,32). The van der Waals surface area contributed by atoms with E-state index in [0.29, 0.717) is 11.3 Å². The first-order valence-electron chi connectivity index (χ1n) is 9.36. The van der Waals surface area contributed by atoms with Crippen molar-refractivity contribution in [1.82, 2.24) is 5.32 Å². The van der Waals surface area contributed by atoms with Crippen LogP contribution in [-0.2, 0) is 9.59 Å². The fourth-order valence-corrected chi connectivity index (χ4v) is 3.53. The van der Waals surface area contributed by atoms with Crippen molar-refractivity contribution < 1.29 is 28.3 Å². The highest BCUT2D eigenvalue weighted by Gasteiger charge is 2.35. The average molecular weight is 450 g/mol. The Morgan fingerprint density at radius 2 is 1.94 bits per heavy atom. The SMILES string of the molecule is Cc1ccc(C(=O)O)cc1-c1ccc(C=C2C(=O)NC(=S)N(c3cccc(F)c3)C2=O)o1.